The van der Waals surface area contributed by atoms with Crippen LogP contribution in [0.15, 0.2) is 24.3 Å². The van der Waals surface area contributed by atoms with E-state index < -0.39 is 0 Å². The lowest BCUT2D eigenvalue weighted by molar-refractivity contribution is 0.594. The molecule has 1 saturated carbocycles. The number of nitrogens with two attached hydrogens (primary N) is 1. The first-order valence-electron chi connectivity index (χ1n) is 6.87. The summed E-state index contributed by atoms with van der Waals surface area (Å²) in [6, 6.07) is 8.79. The molecule has 1 aliphatic carbocycles. The highest BCUT2D eigenvalue weighted by Crippen LogP contribution is 2.33. The third kappa shape index (κ3) is 4.88. The van der Waals surface area contributed by atoms with Gasteiger partial charge >= 0.3 is 0 Å². The van der Waals surface area contributed by atoms with Gasteiger partial charge in [0.15, 0.2) is 0 Å². The van der Waals surface area contributed by atoms with Crippen LogP contribution in [0.5, 0.6) is 0 Å². The van der Waals surface area contributed by atoms with Gasteiger partial charge in [0, 0.05) is 6.54 Å². The van der Waals surface area contributed by atoms with Crippen molar-refractivity contribution < 1.29 is 0 Å². The smallest absolute Gasteiger partial charge is 0.0205 e. The van der Waals surface area contributed by atoms with Gasteiger partial charge in [-0.2, -0.15) is 0 Å². The summed E-state index contributed by atoms with van der Waals surface area (Å²) in [5, 5.41) is 3.51. The fourth-order valence-corrected chi connectivity index (χ4v) is 2.15. The highest BCUT2D eigenvalue weighted by atomic mass is 14.8. The van der Waals surface area contributed by atoms with Gasteiger partial charge in [-0.3, -0.25) is 0 Å². The van der Waals surface area contributed by atoms with Crippen molar-refractivity contribution >= 4 is 0 Å². The highest BCUT2D eigenvalue weighted by molar-refractivity contribution is 5.22. The monoisotopic (exact) mass is 232 g/mol. The minimum atomic E-state index is 0.735. The summed E-state index contributed by atoms with van der Waals surface area (Å²) in [6.45, 7) is 2.88. The Morgan fingerprint density at radius 3 is 2.47 bits per heavy atom. The molecule has 2 rings (SSSR count). The topological polar surface area (TPSA) is 38.0 Å². The van der Waals surface area contributed by atoms with Crippen molar-refractivity contribution in [3.8, 4) is 0 Å². The fraction of sp³-hybridized carbons (Fsp3) is 0.600. The van der Waals surface area contributed by atoms with Gasteiger partial charge in [-0.25, -0.2) is 0 Å². The van der Waals surface area contributed by atoms with Gasteiger partial charge in [0.1, 0.15) is 0 Å². The molecule has 0 unspecified atom stereocenters. The van der Waals surface area contributed by atoms with E-state index in [0.717, 1.165) is 32.0 Å². The average molecular weight is 232 g/mol. The van der Waals surface area contributed by atoms with Crippen LogP contribution in [0.25, 0.3) is 0 Å². The molecule has 0 spiro atoms. The van der Waals surface area contributed by atoms with Crippen LogP contribution in [0.2, 0.25) is 0 Å². The molecule has 0 aromatic heterocycles. The Hall–Kier alpha value is -0.860. The minimum absolute atomic E-state index is 0.735. The van der Waals surface area contributed by atoms with Gasteiger partial charge in [0.25, 0.3) is 0 Å². The maximum atomic E-state index is 5.53. The van der Waals surface area contributed by atoms with Gasteiger partial charge in [0.05, 0.1) is 0 Å². The van der Waals surface area contributed by atoms with E-state index in [9.17, 15) is 0 Å². The molecule has 2 nitrogen and oxygen atoms in total. The Balaban J connectivity index is 1.60. The Kier molecular flexibility index (Phi) is 5.02. The second-order valence-corrected chi connectivity index (χ2v) is 5.12. The van der Waals surface area contributed by atoms with Crippen LogP contribution in [-0.2, 0) is 13.0 Å². The zero-order chi connectivity index (χ0) is 11.9. The largest absolute Gasteiger partial charge is 0.330 e. The Morgan fingerprint density at radius 2 is 1.82 bits per heavy atom. The van der Waals surface area contributed by atoms with Gasteiger partial charge in [0.2, 0.25) is 0 Å². The number of benzene rings is 1. The summed E-state index contributed by atoms with van der Waals surface area (Å²) in [7, 11) is 0. The van der Waals surface area contributed by atoms with E-state index in [-0.39, 0.29) is 0 Å². The molecule has 0 atom stereocenters. The van der Waals surface area contributed by atoms with Crippen LogP contribution in [0.4, 0.5) is 0 Å². The van der Waals surface area contributed by atoms with E-state index in [1.807, 2.05) is 0 Å². The third-order valence-corrected chi connectivity index (χ3v) is 3.45. The van der Waals surface area contributed by atoms with Crippen LogP contribution >= 0.6 is 0 Å². The number of hydrogen-bond acceptors (Lipinski definition) is 2. The molecular formula is C15H24N2. The Bertz CT molecular complexity index is 314. The maximum absolute atomic E-state index is 5.53. The molecule has 0 saturated heterocycles. The average Bonchev–Trinajstić information content (AvgIpc) is 3.15. The summed E-state index contributed by atoms with van der Waals surface area (Å²) in [5.74, 6) is 1.06. The van der Waals surface area contributed by atoms with Crippen LogP contribution in [0, 0.1) is 5.92 Å². The first-order valence-corrected chi connectivity index (χ1v) is 6.87. The van der Waals surface area contributed by atoms with E-state index in [1.54, 1.807) is 0 Å². The van der Waals surface area contributed by atoms with Gasteiger partial charge in [-0.05, 0) is 49.4 Å². The number of nitrogens with one attached hydrogen (secondary N) is 1. The first-order chi connectivity index (χ1) is 8.38. The quantitative estimate of drug-likeness (QED) is 0.676. The second kappa shape index (κ2) is 6.77. The number of rotatable bonds is 8. The normalized spacial score (nSPS) is 15.1. The predicted octanol–water partition coefficient (Wildman–Crippen LogP) is 2.47. The van der Waals surface area contributed by atoms with E-state index in [2.05, 4.69) is 29.6 Å². The van der Waals surface area contributed by atoms with Crippen LogP contribution in [0.3, 0.4) is 0 Å². The Morgan fingerprint density at radius 1 is 1.12 bits per heavy atom. The standard InChI is InChI=1S/C15H24N2/c16-10-9-14-5-7-15(8-6-14)12-17-11-1-2-13-3-4-13/h5-8,13,17H,1-4,9-12,16H2. The molecule has 94 valence electrons. The summed E-state index contributed by atoms with van der Waals surface area (Å²) < 4.78 is 0. The van der Waals surface area contributed by atoms with Crippen LogP contribution in [-0.4, -0.2) is 13.1 Å². The van der Waals surface area contributed by atoms with Crippen molar-refractivity contribution in [1.82, 2.24) is 5.32 Å². The first kappa shape index (κ1) is 12.6. The summed E-state index contributed by atoms with van der Waals surface area (Å²) in [6.07, 6.45) is 6.68. The minimum Gasteiger partial charge on any atom is -0.330 e. The van der Waals surface area contributed by atoms with Gasteiger partial charge < -0.3 is 11.1 Å². The van der Waals surface area contributed by atoms with E-state index >= 15 is 0 Å². The Labute approximate surface area is 105 Å². The lowest BCUT2D eigenvalue weighted by Gasteiger charge is -2.05. The molecule has 17 heavy (non-hydrogen) atoms. The van der Waals surface area contributed by atoms with E-state index in [0.29, 0.717) is 0 Å². The van der Waals surface area contributed by atoms with Gasteiger partial charge in [-0.15, -0.1) is 0 Å². The predicted molar refractivity (Wildman–Crippen MR) is 72.9 cm³/mol. The molecule has 2 heteroatoms. The van der Waals surface area contributed by atoms with Gasteiger partial charge in [-0.1, -0.05) is 37.1 Å². The van der Waals surface area contributed by atoms with Crippen molar-refractivity contribution in [2.45, 2.75) is 38.6 Å². The summed E-state index contributed by atoms with van der Waals surface area (Å²) >= 11 is 0. The fourth-order valence-electron chi connectivity index (χ4n) is 2.15. The van der Waals surface area contributed by atoms with Crippen molar-refractivity contribution in [3.63, 3.8) is 0 Å². The lowest BCUT2D eigenvalue weighted by Crippen LogP contribution is -2.14. The molecule has 1 aromatic rings. The van der Waals surface area contributed by atoms with Crippen molar-refractivity contribution in [1.29, 1.82) is 0 Å². The zero-order valence-electron chi connectivity index (χ0n) is 10.6. The zero-order valence-corrected chi connectivity index (χ0v) is 10.6. The summed E-state index contributed by atoms with van der Waals surface area (Å²) in [4.78, 5) is 0. The molecule has 0 heterocycles. The van der Waals surface area contributed by atoms with Crippen molar-refractivity contribution in [3.05, 3.63) is 35.4 Å². The molecule has 1 aliphatic rings. The molecule has 1 fully saturated rings. The number of hydrogen-bond donors (Lipinski definition) is 2. The SMILES string of the molecule is NCCc1ccc(CNCCCC2CC2)cc1. The molecule has 0 bridgehead atoms. The third-order valence-electron chi connectivity index (χ3n) is 3.45. The molecular weight excluding hydrogens is 208 g/mol. The maximum Gasteiger partial charge on any atom is 0.0205 e. The van der Waals surface area contributed by atoms with Crippen LogP contribution in [0.1, 0.15) is 36.8 Å². The van der Waals surface area contributed by atoms with E-state index in [1.165, 1.54) is 36.8 Å². The lowest BCUT2D eigenvalue weighted by atomic mass is 10.1. The molecule has 0 radical (unpaired) electrons. The second-order valence-electron chi connectivity index (χ2n) is 5.12. The highest BCUT2D eigenvalue weighted by Gasteiger charge is 2.19. The summed E-state index contributed by atoms with van der Waals surface area (Å²) in [5.41, 5.74) is 8.24. The molecule has 0 amide bonds. The molecule has 3 N–H and O–H groups in total. The molecule has 0 aliphatic heterocycles. The van der Waals surface area contributed by atoms with E-state index in [4.69, 9.17) is 5.73 Å². The van der Waals surface area contributed by atoms with Crippen molar-refractivity contribution in [2.75, 3.05) is 13.1 Å². The molecule has 1 aromatic carbocycles. The van der Waals surface area contributed by atoms with Crippen molar-refractivity contribution in [2.24, 2.45) is 11.7 Å². The van der Waals surface area contributed by atoms with Crippen LogP contribution < -0.4 is 11.1 Å².